The van der Waals surface area contributed by atoms with Gasteiger partial charge in [0.15, 0.2) is 0 Å². The molecule has 0 atom stereocenters. The van der Waals surface area contributed by atoms with Gasteiger partial charge in [0.05, 0.1) is 11.0 Å². The van der Waals surface area contributed by atoms with Crippen molar-refractivity contribution in [3.8, 4) is 0 Å². The van der Waals surface area contributed by atoms with Gasteiger partial charge in [0.1, 0.15) is 12.4 Å². The number of benzene rings is 2. The van der Waals surface area contributed by atoms with E-state index in [4.69, 9.17) is 4.98 Å². The minimum atomic E-state index is -0.0497. The fraction of sp³-hybridized carbons (Fsp3) is 0.348. The van der Waals surface area contributed by atoms with E-state index in [9.17, 15) is 9.59 Å². The Morgan fingerprint density at radius 3 is 2.48 bits per heavy atom. The highest BCUT2D eigenvalue weighted by atomic mass is 16.2. The Kier molecular flexibility index (Phi) is 7.00. The van der Waals surface area contributed by atoms with Gasteiger partial charge in [0, 0.05) is 25.4 Å². The third-order valence-corrected chi connectivity index (χ3v) is 4.77. The molecule has 0 saturated heterocycles. The molecule has 3 aromatic rings. The van der Waals surface area contributed by atoms with Gasteiger partial charge in [-0.05, 0) is 24.1 Å². The summed E-state index contributed by atoms with van der Waals surface area (Å²) in [5.41, 5.74) is 2.89. The molecule has 1 aromatic heterocycles. The first-order valence-corrected chi connectivity index (χ1v) is 10.1. The molecule has 0 aliphatic rings. The predicted molar refractivity (Wildman–Crippen MR) is 114 cm³/mol. The quantitative estimate of drug-likeness (QED) is 0.550. The molecule has 2 aromatic carbocycles. The van der Waals surface area contributed by atoms with Crippen LogP contribution in [-0.4, -0.2) is 27.9 Å². The van der Waals surface area contributed by atoms with Crippen molar-refractivity contribution in [3.05, 3.63) is 66.0 Å². The van der Waals surface area contributed by atoms with Gasteiger partial charge < -0.3 is 15.2 Å². The van der Waals surface area contributed by atoms with Crippen molar-refractivity contribution in [2.24, 2.45) is 5.92 Å². The second-order valence-electron chi connectivity index (χ2n) is 7.41. The Morgan fingerprint density at radius 1 is 1.00 bits per heavy atom. The lowest BCUT2D eigenvalue weighted by atomic mass is 10.2. The van der Waals surface area contributed by atoms with Gasteiger partial charge in [-0.15, -0.1) is 0 Å². The molecular weight excluding hydrogens is 364 g/mol. The molecule has 0 radical (unpaired) electrons. The number of aryl methyl sites for hydroxylation is 1. The zero-order valence-corrected chi connectivity index (χ0v) is 17.0. The summed E-state index contributed by atoms with van der Waals surface area (Å²) in [7, 11) is 0. The number of hydrogen-bond donors (Lipinski definition) is 2. The molecule has 0 fully saturated rings. The van der Waals surface area contributed by atoms with Gasteiger partial charge >= 0.3 is 0 Å². The first-order chi connectivity index (χ1) is 14.0. The van der Waals surface area contributed by atoms with E-state index < -0.39 is 0 Å². The van der Waals surface area contributed by atoms with E-state index in [1.807, 2.05) is 73.0 Å². The SMILES string of the molecule is CC(C)C(=O)NCCCc1nc2ccccc2n1CC(=O)NCc1ccccc1. The molecule has 6 heteroatoms. The van der Waals surface area contributed by atoms with Crippen molar-refractivity contribution in [2.45, 2.75) is 39.8 Å². The summed E-state index contributed by atoms with van der Waals surface area (Å²) in [4.78, 5) is 29.0. The summed E-state index contributed by atoms with van der Waals surface area (Å²) in [5.74, 6) is 0.845. The highest BCUT2D eigenvalue weighted by Gasteiger charge is 2.14. The Morgan fingerprint density at radius 2 is 1.72 bits per heavy atom. The van der Waals surface area contributed by atoms with E-state index >= 15 is 0 Å². The van der Waals surface area contributed by atoms with Crippen LogP contribution in [0.3, 0.4) is 0 Å². The fourth-order valence-corrected chi connectivity index (χ4v) is 3.15. The number of hydrogen-bond acceptors (Lipinski definition) is 3. The van der Waals surface area contributed by atoms with Crippen LogP contribution in [0.5, 0.6) is 0 Å². The summed E-state index contributed by atoms with van der Waals surface area (Å²) in [6, 6.07) is 17.7. The summed E-state index contributed by atoms with van der Waals surface area (Å²) in [5, 5.41) is 5.91. The highest BCUT2D eigenvalue weighted by Crippen LogP contribution is 2.17. The van der Waals surface area contributed by atoms with E-state index in [0.29, 0.717) is 19.5 Å². The lowest BCUT2D eigenvalue weighted by Crippen LogP contribution is -2.29. The average molecular weight is 393 g/mol. The van der Waals surface area contributed by atoms with Crippen LogP contribution in [-0.2, 0) is 29.1 Å². The number of amides is 2. The van der Waals surface area contributed by atoms with Crippen molar-refractivity contribution >= 4 is 22.8 Å². The number of carbonyl (C=O) groups is 2. The maximum absolute atomic E-state index is 12.6. The average Bonchev–Trinajstić information content (AvgIpc) is 3.07. The molecule has 2 amide bonds. The molecular formula is C23H28N4O2. The molecule has 0 spiro atoms. The largest absolute Gasteiger partial charge is 0.356 e. The van der Waals surface area contributed by atoms with Crippen LogP contribution in [0.4, 0.5) is 0 Å². The van der Waals surface area contributed by atoms with Crippen LogP contribution in [0.2, 0.25) is 0 Å². The Labute approximate surface area is 171 Å². The first kappa shape index (κ1) is 20.6. The number of carbonyl (C=O) groups excluding carboxylic acids is 2. The molecule has 2 N–H and O–H groups in total. The predicted octanol–water partition coefficient (Wildman–Crippen LogP) is 3.06. The highest BCUT2D eigenvalue weighted by molar-refractivity contribution is 5.81. The van der Waals surface area contributed by atoms with Crippen molar-refractivity contribution in [2.75, 3.05) is 6.54 Å². The smallest absolute Gasteiger partial charge is 0.240 e. The van der Waals surface area contributed by atoms with Crippen LogP contribution in [0.15, 0.2) is 54.6 Å². The first-order valence-electron chi connectivity index (χ1n) is 10.1. The normalized spacial score (nSPS) is 11.0. The summed E-state index contributed by atoms with van der Waals surface area (Å²) >= 11 is 0. The van der Waals surface area contributed by atoms with Crippen molar-refractivity contribution in [1.29, 1.82) is 0 Å². The number of para-hydroxylation sites is 2. The lowest BCUT2D eigenvalue weighted by molar-refractivity contribution is -0.124. The zero-order chi connectivity index (χ0) is 20.6. The van der Waals surface area contributed by atoms with Gasteiger partial charge in [0.2, 0.25) is 11.8 Å². The molecule has 6 nitrogen and oxygen atoms in total. The van der Waals surface area contributed by atoms with Crippen LogP contribution >= 0.6 is 0 Å². The standard InChI is InChI=1S/C23H28N4O2/c1-17(2)23(29)24-14-8-13-21-26-19-11-6-7-12-20(19)27(21)16-22(28)25-15-18-9-4-3-5-10-18/h3-7,9-12,17H,8,13-16H2,1-2H3,(H,24,29)(H,25,28). The minimum absolute atomic E-state index is 0.0205. The van der Waals surface area contributed by atoms with Crippen LogP contribution in [0.1, 0.15) is 31.7 Å². The third kappa shape index (κ3) is 5.67. The number of nitrogens with one attached hydrogen (secondary N) is 2. The Hall–Kier alpha value is -3.15. The van der Waals surface area contributed by atoms with Crippen molar-refractivity contribution < 1.29 is 9.59 Å². The van der Waals surface area contributed by atoms with Crippen LogP contribution < -0.4 is 10.6 Å². The summed E-state index contributed by atoms with van der Waals surface area (Å²) in [6.07, 6.45) is 1.46. The second kappa shape index (κ2) is 9.87. The summed E-state index contributed by atoms with van der Waals surface area (Å²) in [6.45, 7) is 5.08. The van der Waals surface area contributed by atoms with Gasteiger partial charge in [-0.3, -0.25) is 9.59 Å². The second-order valence-corrected chi connectivity index (χ2v) is 7.41. The molecule has 29 heavy (non-hydrogen) atoms. The molecule has 3 rings (SSSR count). The van der Waals surface area contributed by atoms with Gasteiger partial charge in [0.25, 0.3) is 0 Å². The van der Waals surface area contributed by atoms with Gasteiger partial charge in [-0.2, -0.15) is 0 Å². The molecule has 0 saturated carbocycles. The number of nitrogens with zero attached hydrogens (tertiary/aromatic N) is 2. The zero-order valence-electron chi connectivity index (χ0n) is 17.0. The number of rotatable bonds is 9. The van der Waals surface area contributed by atoms with E-state index in [2.05, 4.69) is 10.6 Å². The molecule has 0 aliphatic carbocycles. The topological polar surface area (TPSA) is 76.0 Å². The van der Waals surface area contributed by atoms with Crippen LogP contribution in [0, 0.1) is 5.92 Å². The van der Waals surface area contributed by atoms with E-state index in [1.54, 1.807) is 0 Å². The monoisotopic (exact) mass is 392 g/mol. The maximum atomic E-state index is 12.6. The molecule has 0 aliphatic heterocycles. The van der Waals surface area contributed by atoms with E-state index in [-0.39, 0.29) is 24.3 Å². The fourth-order valence-electron chi connectivity index (χ4n) is 3.15. The number of imidazole rings is 1. The lowest BCUT2D eigenvalue weighted by Gasteiger charge is -2.11. The van der Waals surface area contributed by atoms with E-state index in [0.717, 1.165) is 28.8 Å². The molecule has 0 bridgehead atoms. The number of fused-ring (bicyclic) bond motifs is 1. The Bertz CT molecular complexity index is 963. The van der Waals surface area contributed by atoms with Gasteiger partial charge in [-0.25, -0.2) is 4.98 Å². The Balaban J connectivity index is 1.64. The van der Waals surface area contributed by atoms with Crippen LogP contribution in [0.25, 0.3) is 11.0 Å². The number of aromatic nitrogens is 2. The van der Waals surface area contributed by atoms with Crippen molar-refractivity contribution in [1.82, 2.24) is 20.2 Å². The van der Waals surface area contributed by atoms with Crippen molar-refractivity contribution in [3.63, 3.8) is 0 Å². The minimum Gasteiger partial charge on any atom is -0.356 e. The van der Waals surface area contributed by atoms with Gasteiger partial charge in [-0.1, -0.05) is 56.3 Å². The molecule has 0 unspecified atom stereocenters. The molecule has 1 heterocycles. The maximum Gasteiger partial charge on any atom is 0.240 e. The molecule has 152 valence electrons. The third-order valence-electron chi connectivity index (χ3n) is 4.77. The van der Waals surface area contributed by atoms with E-state index in [1.165, 1.54) is 0 Å². The summed E-state index contributed by atoms with van der Waals surface area (Å²) < 4.78 is 1.97.